The second-order valence-corrected chi connectivity index (χ2v) is 11.0. The van der Waals surface area contributed by atoms with Crippen molar-refractivity contribution in [3.8, 4) is 0 Å². The molecule has 0 radical (unpaired) electrons. The number of rotatable bonds is 10. The molecule has 1 aliphatic heterocycles. The van der Waals surface area contributed by atoms with Crippen LogP contribution in [0.25, 0.3) is 11.0 Å². The zero-order valence-electron chi connectivity index (χ0n) is 24.5. The molecule has 3 atom stereocenters. The van der Waals surface area contributed by atoms with E-state index in [4.69, 9.17) is 9.47 Å². The fraction of sp³-hybridized carbons (Fsp3) is 0.257. The number of aliphatic hydroxyl groups is 1. The number of carbonyl (C=O) groups is 1. The average Bonchev–Trinajstić information content (AvgIpc) is 3.08. The number of fused-ring (bicyclic) bond motifs is 1. The number of para-hydroxylation sites is 2. The molecule has 2 aromatic heterocycles. The largest absolute Gasteiger partial charge is 0.392 e. The molecule has 0 bridgehead atoms. The Morgan fingerprint density at radius 2 is 1.66 bits per heavy atom. The molecule has 3 aromatic carbocycles. The molecule has 0 spiro atoms. The number of ether oxygens (including phenoxy) is 2. The maximum absolute atomic E-state index is 12.9. The molecule has 1 aliphatic rings. The van der Waals surface area contributed by atoms with Gasteiger partial charge >= 0.3 is 0 Å². The van der Waals surface area contributed by atoms with Gasteiger partial charge in [0, 0.05) is 49.1 Å². The van der Waals surface area contributed by atoms with Gasteiger partial charge in [0.15, 0.2) is 6.29 Å². The van der Waals surface area contributed by atoms with Crippen LogP contribution in [0.4, 0.5) is 5.69 Å². The Morgan fingerprint density at radius 1 is 0.909 bits per heavy atom. The second-order valence-electron chi connectivity index (χ2n) is 11.0. The summed E-state index contributed by atoms with van der Waals surface area (Å²) in [6.07, 6.45) is 4.02. The van der Waals surface area contributed by atoms with Crippen molar-refractivity contribution < 1.29 is 19.4 Å². The summed E-state index contributed by atoms with van der Waals surface area (Å²) in [7, 11) is 2.10. The van der Waals surface area contributed by atoms with E-state index in [2.05, 4.69) is 32.2 Å². The van der Waals surface area contributed by atoms with Crippen molar-refractivity contribution in [2.24, 2.45) is 0 Å². The summed E-state index contributed by atoms with van der Waals surface area (Å²) in [6, 6.07) is 28.8. The molecular weight excluding hydrogens is 554 g/mol. The Bertz CT molecular complexity index is 1680. The van der Waals surface area contributed by atoms with Crippen LogP contribution in [0.3, 0.4) is 0 Å². The second kappa shape index (κ2) is 13.8. The number of pyridine rings is 1. The van der Waals surface area contributed by atoms with Crippen molar-refractivity contribution in [2.45, 2.75) is 37.9 Å². The number of aromatic nitrogens is 3. The fourth-order valence-electron chi connectivity index (χ4n) is 5.31. The van der Waals surface area contributed by atoms with Crippen LogP contribution >= 0.6 is 0 Å². The Labute approximate surface area is 256 Å². The number of carbonyl (C=O) groups excluding carboxylic acids is 1. The van der Waals surface area contributed by atoms with Crippen molar-refractivity contribution in [3.05, 3.63) is 131 Å². The first-order chi connectivity index (χ1) is 21.5. The maximum atomic E-state index is 12.9. The van der Waals surface area contributed by atoms with Crippen LogP contribution in [0.5, 0.6) is 0 Å². The first-order valence-electron chi connectivity index (χ1n) is 14.8. The lowest BCUT2D eigenvalue weighted by Crippen LogP contribution is -2.38. The smallest absolute Gasteiger partial charge is 0.275 e. The van der Waals surface area contributed by atoms with E-state index in [1.54, 1.807) is 0 Å². The van der Waals surface area contributed by atoms with Crippen LogP contribution < -0.4 is 5.32 Å². The predicted octanol–water partition coefficient (Wildman–Crippen LogP) is 5.49. The van der Waals surface area contributed by atoms with E-state index in [1.165, 1.54) is 6.20 Å². The molecule has 1 fully saturated rings. The number of nitrogens with zero attached hydrogens (tertiary/aromatic N) is 4. The van der Waals surface area contributed by atoms with E-state index in [-0.39, 0.29) is 30.4 Å². The van der Waals surface area contributed by atoms with Gasteiger partial charge in [0.25, 0.3) is 5.91 Å². The van der Waals surface area contributed by atoms with Crippen LogP contribution in [-0.2, 0) is 22.5 Å². The molecule has 1 saturated heterocycles. The quantitative estimate of drug-likeness (QED) is 0.220. The van der Waals surface area contributed by atoms with E-state index >= 15 is 0 Å². The third-order valence-corrected chi connectivity index (χ3v) is 7.73. The number of likely N-dealkylation sites (N-methyl/N-ethyl adjacent to an activating group) is 1. The maximum Gasteiger partial charge on any atom is 0.275 e. The SMILES string of the molecule is CN(CCc1ccccn1)CC1CC(c2ccc(CO)cc2)OC(c2ccc(NC(=O)c3cnc4ccccc4n3)cc2)O1. The molecule has 5 aromatic rings. The molecule has 224 valence electrons. The lowest BCUT2D eigenvalue weighted by Gasteiger charge is -2.38. The van der Waals surface area contributed by atoms with E-state index < -0.39 is 6.29 Å². The lowest BCUT2D eigenvalue weighted by molar-refractivity contribution is -0.252. The molecule has 3 heterocycles. The zero-order valence-corrected chi connectivity index (χ0v) is 24.5. The molecule has 9 heteroatoms. The Hall–Kier alpha value is -4.54. The molecule has 0 aliphatic carbocycles. The third kappa shape index (κ3) is 7.32. The van der Waals surface area contributed by atoms with Gasteiger partial charge in [-0.1, -0.05) is 54.6 Å². The van der Waals surface area contributed by atoms with E-state index in [0.29, 0.717) is 17.6 Å². The summed E-state index contributed by atoms with van der Waals surface area (Å²) in [4.78, 5) is 28.4. The van der Waals surface area contributed by atoms with Gasteiger partial charge in [0.1, 0.15) is 5.69 Å². The van der Waals surface area contributed by atoms with Gasteiger partial charge < -0.3 is 24.8 Å². The van der Waals surface area contributed by atoms with Gasteiger partial charge in [-0.05, 0) is 54.6 Å². The average molecular weight is 590 g/mol. The Morgan fingerprint density at radius 3 is 2.41 bits per heavy atom. The zero-order chi connectivity index (χ0) is 30.3. The van der Waals surface area contributed by atoms with Gasteiger partial charge in [-0.25, -0.2) is 4.98 Å². The van der Waals surface area contributed by atoms with E-state index in [0.717, 1.165) is 47.4 Å². The van der Waals surface area contributed by atoms with Crippen LogP contribution in [0.15, 0.2) is 103 Å². The molecule has 1 amide bonds. The number of aliphatic hydroxyl groups excluding tert-OH is 1. The van der Waals surface area contributed by atoms with Crippen LogP contribution in [0.1, 0.15) is 51.7 Å². The molecule has 9 nitrogen and oxygen atoms in total. The van der Waals surface area contributed by atoms with Gasteiger partial charge in [-0.3, -0.25) is 14.8 Å². The summed E-state index contributed by atoms with van der Waals surface area (Å²) in [5.74, 6) is -0.332. The van der Waals surface area contributed by atoms with Crippen molar-refractivity contribution in [1.82, 2.24) is 19.9 Å². The minimum Gasteiger partial charge on any atom is -0.392 e. The standard InChI is InChI=1S/C35H35N5O4/c1-40(19-17-27-6-4-5-18-36-27)22-29-20-33(25-11-9-24(23-41)10-12-25)44-35(43-29)26-13-15-28(16-14-26)38-34(42)32-21-37-30-7-2-3-8-31(30)39-32/h2-16,18,21,29,33,35,41H,17,19-20,22-23H2,1H3,(H,38,42). The van der Waals surface area contributed by atoms with Crippen molar-refractivity contribution in [1.29, 1.82) is 0 Å². The number of hydrogen-bond acceptors (Lipinski definition) is 8. The van der Waals surface area contributed by atoms with Crippen molar-refractivity contribution in [2.75, 3.05) is 25.5 Å². The summed E-state index contributed by atoms with van der Waals surface area (Å²) in [6.45, 7) is 1.59. The van der Waals surface area contributed by atoms with Gasteiger partial charge in [-0.15, -0.1) is 0 Å². The minimum absolute atomic E-state index is 0.00242. The first-order valence-corrected chi connectivity index (χ1v) is 14.8. The number of hydrogen-bond donors (Lipinski definition) is 2. The molecular formula is C35H35N5O4. The minimum atomic E-state index is -0.587. The van der Waals surface area contributed by atoms with E-state index in [9.17, 15) is 9.90 Å². The van der Waals surface area contributed by atoms with Crippen LogP contribution in [0.2, 0.25) is 0 Å². The highest BCUT2D eigenvalue weighted by molar-refractivity contribution is 6.03. The number of amides is 1. The predicted molar refractivity (Wildman–Crippen MR) is 168 cm³/mol. The lowest BCUT2D eigenvalue weighted by atomic mass is 9.99. The summed E-state index contributed by atoms with van der Waals surface area (Å²) in [5, 5.41) is 12.4. The summed E-state index contributed by atoms with van der Waals surface area (Å²) in [5.41, 5.74) is 6.09. The van der Waals surface area contributed by atoms with Gasteiger partial charge in [-0.2, -0.15) is 0 Å². The molecule has 6 rings (SSSR count). The Balaban J connectivity index is 1.14. The summed E-state index contributed by atoms with van der Waals surface area (Å²) >= 11 is 0. The molecule has 2 N–H and O–H groups in total. The highest BCUT2D eigenvalue weighted by atomic mass is 16.7. The van der Waals surface area contributed by atoms with Gasteiger partial charge in [0.2, 0.25) is 0 Å². The summed E-state index contributed by atoms with van der Waals surface area (Å²) < 4.78 is 13.0. The van der Waals surface area contributed by atoms with Crippen molar-refractivity contribution >= 4 is 22.6 Å². The highest BCUT2D eigenvalue weighted by Gasteiger charge is 2.32. The number of anilines is 1. The van der Waals surface area contributed by atoms with Gasteiger partial charge in [0.05, 0.1) is 36.0 Å². The third-order valence-electron chi connectivity index (χ3n) is 7.73. The topological polar surface area (TPSA) is 110 Å². The van der Waals surface area contributed by atoms with Crippen LogP contribution in [-0.4, -0.2) is 57.1 Å². The normalized spacial score (nSPS) is 18.4. The molecule has 3 unspecified atom stereocenters. The van der Waals surface area contributed by atoms with Crippen LogP contribution in [0, 0.1) is 0 Å². The Kier molecular flexibility index (Phi) is 9.28. The molecule has 44 heavy (non-hydrogen) atoms. The highest BCUT2D eigenvalue weighted by Crippen LogP contribution is 2.38. The first kappa shape index (κ1) is 29.5. The number of benzene rings is 3. The molecule has 0 saturated carbocycles. The fourth-order valence-corrected chi connectivity index (χ4v) is 5.31. The van der Waals surface area contributed by atoms with E-state index in [1.807, 2.05) is 97.2 Å². The number of nitrogens with one attached hydrogen (secondary N) is 1. The van der Waals surface area contributed by atoms with Crippen molar-refractivity contribution in [3.63, 3.8) is 0 Å². The monoisotopic (exact) mass is 589 g/mol.